The van der Waals surface area contributed by atoms with Crippen molar-refractivity contribution >= 4 is 24.2 Å². The van der Waals surface area contributed by atoms with E-state index >= 15 is 0 Å². The number of carbonyl (C=O) groups excluding carboxylic acids is 2. The van der Waals surface area contributed by atoms with Gasteiger partial charge in [0.15, 0.2) is 0 Å². The Labute approximate surface area is 130 Å². The summed E-state index contributed by atoms with van der Waals surface area (Å²) in [5.74, 6) is -0.112. The molecule has 22 heavy (non-hydrogen) atoms. The minimum Gasteiger partial charge on any atom is -0.267 e. The van der Waals surface area contributed by atoms with Crippen LogP contribution in [-0.2, 0) is 0 Å². The second kappa shape index (κ2) is 8.71. The molecule has 2 N–H and O–H groups in total. The molecule has 0 aromatic heterocycles. The lowest BCUT2D eigenvalue weighted by Crippen LogP contribution is -2.20. The first-order chi connectivity index (χ1) is 10.4. The zero-order chi connectivity index (χ0) is 16.5. The second-order valence-electron chi connectivity index (χ2n) is 5.50. The van der Waals surface area contributed by atoms with Gasteiger partial charge in [-0.15, -0.1) is 0 Å². The normalized spacial score (nSPS) is 11.5. The molecule has 1 aromatic rings. The first-order valence-electron chi connectivity index (χ1n) is 7.17. The van der Waals surface area contributed by atoms with E-state index in [1.165, 1.54) is 0 Å². The number of hydrazone groups is 2. The van der Waals surface area contributed by atoms with Gasteiger partial charge in [0.25, 0.3) is 11.8 Å². The van der Waals surface area contributed by atoms with Gasteiger partial charge in [-0.05, 0) is 36.1 Å². The molecule has 0 aliphatic heterocycles. The van der Waals surface area contributed by atoms with Crippen LogP contribution in [0.5, 0.6) is 0 Å². The van der Waals surface area contributed by atoms with E-state index in [9.17, 15) is 9.59 Å². The molecule has 0 saturated heterocycles. The number of amides is 2. The molecule has 0 bridgehead atoms. The SMILES string of the molecule is CC(C)/C=N/NC(=O)c1ccc(C(=O)N/N=C/C(C)C)cc1. The van der Waals surface area contributed by atoms with Gasteiger partial charge >= 0.3 is 0 Å². The van der Waals surface area contributed by atoms with Crippen molar-refractivity contribution in [2.24, 2.45) is 22.0 Å². The smallest absolute Gasteiger partial charge is 0.267 e. The van der Waals surface area contributed by atoms with E-state index < -0.39 is 0 Å². The highest BCUT2D eigenvalue weighted by atomic mass is 16.2. The van der Waals surface area contributed by atoms with Crippen LogP contribution in [0.3, 0.4) is 0 Å². The predicted octanol–water partition coefficient (Wildman–Crippen LogP) is 2.43. The van der Waals surface area contributed by atoms with Gasteiger partial charge in [0.05, 0.1) is 0 Å². The first-order valence-corrected chi connectivity index (χ1v) is 7.17. The van der Waals surface area contributed by atoms with Crippen LogP contribution >= 0.6 is 0 Å². The van der Waals surface area contributed by atoms with E-state index in [0.717, 1.165) is 0 Å². The highest BCUT2D eigenvalue weighted by molar-refractivity contribution is 5.97. The lowest BCUT2D eigenvalue weighted by Gasteiger charge is -2.03. The molecule has 0 fully saturated rings. The maximum atomic E-state index is 11.8. The number of carbonyl (C=O) groups is 2. The maximum absolute atomic E-state index is 11.8. The van der Waals surface area contributed by atoms with Gasteiger partial charge in [-0.1, -0.05) is 27.7 Å². The Kier molecular flexibility index (Phi) is 6.95. The number of hydrogen-bond acceptors (Lipinski definition) is 4. The van der Waals surface area contributed by atoms with Crippen molar-refractivity contribution in [2.45, 2.75) is 27.7 Å². The minimum atomic E-state index is -0.318. The Hall–Kier alpha value is -2.50. The molecule has 1 rings (SSSR count). The summed E-state index contributed by atoms with van der Waals surface area (Å²) >= 11 is 0. The van der Waals surface area contributed by atoms with E-state index in [1.807, 2.05) is 27.7 Å². The van der Waals surface area contributed by atoms with Crippen molar-refractivity contribution in [1.29, 1.82) is 0 Å². The topological polar surface area (TPSA) is 82.9 Å². The molecule has 2 amide bonds. The average molecular weight is 302 g/mol. The highest BCUT2D eigenvalue weighted by Gasteiger charge is 2.07. The van der Waals surface area contributed by atoms with Crippen LogP contribution in [0.15, 0.2) is 34.5 Å². The predicted molar refractivity (Wildman–Crippen MR) is 88.0 cm³/mol. The molecule has 6 nitrogen and oxygen atoms in total. The van der Waals surface area contributed by atoms with Crippen LogP contribution in [-0.4, -0.2) is 24.2 Å². The fourth-order valence-corrected chi connectivity index (χ4v) is 1.39. The van der Waals surface area contributed by atoms with Crippen molar-refractivity contribution < 1.29 is 9.59 Å². The van der Waals surface area contributed by atoms with E-state index in [1.54, 1.807) is 36.7 Å². The summed E-state index contributed by atoms with van der Waals surface area (Å²) in [5, 5.41) is 7.68. The Morgan fingerprint density at radius 2 is 1.14 bits per heavy atom. The third-order valence-corrected chi connectivity index (χ3v) is 2.49. The van der Waals surface area contributed by atoms with Crippen LogP contribution in [0.2, 0.25) is 0 Å². The van der Waals surface area contributed by atoms with Crippen LogP contribution in [0.25, 0.3) is 0 Å². The molecule has 0 unspecified atom stereocenters. The zero-order valence-corrected chi connectivity index (χ0v) is 13.3. The van der Waals surface area contributed by atoms with E-state index in [-0.39, 0.29) is 23.7 Å². The minimum absolute atomic E-state index is 0.262. The summed E-state index contributed by atoms with van der Waals surface area (Å²) in [6.07, 6.45) is 3.29. The Balaban J connectivity index is 2.62. The fraction of sp³-hybridized carbons (Fsp3) is 0.375. The zero-order valence-electron chi connectivity index (χ0n) is 13.3. The van der Waals surface area contributed by atoms with Gasteiger partial charge in [0.2, 0.25) is 0 Å². The third-order valence-electron chi connectivity index (χ3n) is 2.49. The molecular weight excluding hydrogens is 280 g/mol. The molecule has 0 saturated carbocycles. The van der Waals surface area contributed by atoms with Gasteiger partial charge in [0, 0.05) is 23.6 Å². The second-order valence-corrected chi connectivity index (χ2v) is 5.50. The number of nitrogens with one attached hydrogen (secondary N) is 2. The summed E-state index contributed by atoms with van der Waals surface area (Å²) in [6.45, 7) is 7.85. The maximum Gasteiger partial charge on any atom is 0.271 e. The first kappa shape index (κ1) is 17.6. The Morgan fingerprint density at radius 1 is 0.818 bits per heavy atom. The average Bonchev–Trinajstić information content (AvgIpc) is 2.46. The molecule has 0 spiro atoms. The van der Waals surface area contributed by atoms with E-state index in [0.29, 0.717) is 11.1 Å². The Morgan fingerprint density at radius 3 is 1.41 bits per heavy atom. The van der Waals surface area contributed by atoms with Gasteiger partial charge in [0.1, 0.15) is 0 Å². The van der Waals surface area contributed by atoms with Gasteiger partial charge in [-0.2, -0.15) is 10.2 Å². The molecule has 0 radical (unpaired) electrons. The summed E-state index contributed by atoms with van der Waals surface area (Å²) in [4.78, 5) is 23.6. The van der Waals surface area contributed by atoms with Crippen molar-refractivity contribution in [3.63, 3.8) is 0 Å². The van der Waals surface area contributed by atoms with Crippen LogP contribution in [0.1, 0.15) is 48.4 Å². The molecule has 118 valence electrons. The molecule has 6 heteroatoms. The lowest BCUT2D eigenvalue weighted by atomic mass is 10.1. The molecule has 0 atom stereocenters. The van der Waals surface area contributed by atoms with Crippen LogP contribution in [0.4, 0.5) is 0 Å². The fourth-order valence-electron chi connectivity index (χ4n) is 1.39. The molecular formula is C16H22N4O2. The van der Waals surface area contributed by atoms with E-state index in [2.05, 4.69) is 21.1 Å². The van der Waals surface area contributed by atoms with Crippen molar-refractivity contribution in [2.75, 3.05) is 0 Å². The molecule has 0 heterocycles. The van der Waals surface area contributed by atoms with Crippen molar-refractivity contribution in [1.82, 2.24) is 10.9 Å². The quantitative estimate of drug-likeness (QED) is 0.625. The number of rotatable bonds is 6. The van der Waals surface area contributed by atoms with E-state index in [4.69, 9.17) is 0 Å². The van der Waals surface area contributed by atoms with Gasteiger partial charge in [-0.3, -0.25) is 9.59 Å². The van der Waals surface area contributed by atoms with Gasteiger partial charge < -0.3 is 0 Å². The number of hydrogen-bond donors (Lipinski definition) is 2. The summed E-state index contributed by atoms with van der Waals surface area (Å²) in [5.41, 5.74) is 5.73. The third kappa shape index (κ3) is 6.30. The molecule has 0 aliphatic carbocycles. The standard InChI is InChI=1S/C16H22N4O2/c1-11(2)9-17-19-15(21)13-5-7-14(8-6-13)16(22)20-18-10-12(3)4/h5-12H,1-4H3,(H,19,21)(H,20,22)/b17-9+,18-10+. The Bertz CT molecular complexity index is 509. The van der Waals surface area contributed by atoms with Gasteiger partial charge in [-0.25, -0.2) is 10.9 Å². The number of nitrogens with zero attached hydrogens (tertiary/aromatic N) is 2. The highest BCUT2D eigenvalue weighted by Crippen LogP contribution is 2.04. The van der Waals surface area contributed by atoms with Crippen LogP contribution < -0.4 is 10.9 Å². The van der Waals surface area contributed by atoms with Crippen LogP contribution in [0, 0.1) is 11.8 Å². The molecule has 0 aliphatic rings. The van der Waals surface area contributed by atoms with Crippen molar-refractivity contribution in [3.05, 3.63) is 35.4 Å². The summed E-state index contributed by atoms with van der Waals surface area (Å²) in [7, 11) is 0. The lowest BCUT2D eigenvalue weighted by molar-refractivity contribution is 0.0943. The number of benzene rings is 1. The largest absolute Gasteiger partial charge is 0.271 e. The monoisotopic (exact) mass is 302 g/mol. The summed E-state index contributed by atoms with van der Waals surface area (Å²) < 4.78 is 0. The molecule has 1 aromatic carbocycles. The summed E-state index contributed by atoms with van der Waals surface area (Å²) in [6, 6.07) is 6.28. The van der Waals surface area contributed by atoms with Crippen molar-refractivity contribution in [3.8, 4) is 0 Å².